The van der Waals surface area contributed by atoms with Crippen molar-refractivity contribution in [1.82, 2.24) is 10.2 Å². The highest BCUT2D eigenvalue weighted by atomic mass is 35.5. The number of ether oxygens (including phenoxy) is 3. The SMILES string of the molecule is COc1cc(N)c(Cl)cc1C(=O)N[C@H]1CCN(CCCOc2ccc(F)cc2)C[C@@H]1OC.O. The lowest BCUT2D eigenvalue weighted by atomic mass is 10.0. The summed E-state index contributed by atoms with van der Waals surface area (Å²) < 4.78 is 29.5. The van der Waals surface area contributed by atoms with Gasteiger partial charge in [0, 0.05) is 32.8 Å². The van der Waals surface area contributed by atoms with Gasteiger partial charge in [-0.25, -0.2) is 4.39 Å². The summed E-state index contributed by atoms with van der Waals surface area (Å²) in [6, 6.07) is 8.92. The monoisotopic (exact) mass is 483 g/mol. The molecular weight excluding hydrogens is 453 g/mol. The molecule has 1 saturated heterocycles. The highest BCUT2D eigenvalue weighted by Crippen LogP contribution is 2.29. The van der Waals surface area contributed by atoms with Crippen molar-refractivity contribution in [1.29, 1.82) is 0 Å². The molecule has 5 N–H and O–H groups in total. The van der Waals surface area contributed by atoms with Crippen LogP contribution in [0.4, 0.5) is 10.1 Å². The van der Waals surface area contributed by atoms with Gasteiger partial charge in [-0.2, -0.15) is 0 Å². The van der Waals surface area contributed by atoms with Crippen molar-refractivity contribution >= 4 is 23.2 Å². The molecule has 1 heterocycles. The van der Waals surface area contributed by atoms with Crippen molar-refractivity contribution in [3.05, 3.63) is 52.8 Å². The number of likely N-dealkylation sites (tertiary alicyclic amines) is 1. The fourth-order valence-electron chi connectivity index (χ4n) is 3.76. The second-order valence-electron chi connectivity index (χ2n) is 7.67. The zero-order chi connectivity index (χ0) is 23.1. The molecule has 182 valence electrons. The molecule has 2 atom stereocenters. The van der Waals surface area contributed by atoms with Gasteiger partial charge in [0.2, 0.25) is 0 Å². The van der Waals surface area contributed by atoms with E-state index in [1.165, 1.54) is 25.3 Å². The highest BCUT2D eigenvalue weighted by Gasteiger charge is 2.31. The second kappa shape index (κ2) is 12.6. The van der Waals surface area contributed by atoms with Gasteiger partial charge in [-0.05, 0) is 43.2 Å². The number of anilines is 1. The van der Waals surface area contributed by atoms with Crippen LogP contribution in [0.25, 0.3) is 0 Å². The number of methoxy groups -OCH3 is 2. The van der Waals surface area contributed by atoms with Crippen LogP contribution in [0, 0.1) is 5.82 Å². The molecule has 0 aromatic heterocycles. The number of halogens is 2. The highest BCUT2D eigenvalue weighted by molar-refractivity contribution is 6.33. The van der Waals surface area contributed by atoms with Crippen LogP contribution in [0.15, 0.2) is 36.4 Å². The quantitative estimate of drug-likeness (QED) is 0.418. The van der Waals surface area contributed by atoms with E-state index >= 15 is 0 Å². The van der Waals surface area contributed by atoms with E-state index in [9.17, 15) is 9.18 Å². The summed E-state index contributed by atoms with van der Waals surface area (Å²) in [6.07, 6.45) is 1.42. The number of carbonyl (C=O) groups is 1. The summed E-state index contributed by atoms with van der Waals surface area (Å²) in [6.45, 7) is 2.89. The zero-order valence-corrected chi connectivity index (χ0v) is 19.5. The number of carbonyl (C=O) groups excluding carboxylic acids is 1. The van der Waals surface area contributed by atoms with E-state index in [-0.39, 0.29) is 29.3 Å². The zero-order valence-electron chi connectivity index (χ0n) is 18.8. The Hall–Kier alpha value is -2.59. The second-order valence-corrected chi connectivity index (χ2v) is 8.08. The van der Waals surface area contributed by atoms with Crippen LogP contribution in [-0.2, 0) is 4.74 Å². The molecule has 0 saturated carbocycles. The molecule has 1 amide bonds. The number of nitrogen functional groups attached to an aromatic ring is 1. The minimum atomic E-state index is -0.282. The summed E-state index contributed by atoms with van der Waals surface area (Å²) in [7, 11) is 3.13. The summed E-state index contributed by atoms with van der Waals surface area (Å²) in [5.74, 6) is 0.463. The third kappa shape index (κ3) is 7.20. The Morgan fingerprint density at radius 3 is 2.67 bits per heavy atom. The van der Waals surface area contributed by atoms with E-state index in [1.54, 1.807) is 25.3 Å². The van der Waals surface area contributed by atoms with Crippen molar-refractivity contribution in [3.63, 3.8) is 0 Å². The molecule has 1 aliphatic rings. The summed E-state index contributed by atoms with van der Waals surface area (Å²) >= 11 is 6.09. The Labute approximate surface area is 198 Å². The first-order valence-electron chi connectivity index (χ1n) is 10.5. The van der Waals surface area contributed by atoms with Crippen molar-refractivity contribution < 1.29 is 28.9 Å². The standard InChI is InChI=1S/C23H29ClFN3O4.H2O/c1-30-21-13-19(26)18(24)12-17(21)23(29)27-20-8-10-28(14-22(20)31-2)9-3-11-32-16-6-4-15(25)5-7-16;/h4-7,12-13,20,22H,3,8-11,14,26H2,1-2H3,(H,27,29);1H2/t20-,22-;/m0./s1. The van der Waals surface area contributed by atoms with E-state index in [0.29, 0.717) is 40.9 Å². The van der Waals surface area contributed by atoms with Crippen molar-refractivity contribution in [2.24, 2.45) is 0 Å². The number of nitrogens with zero attached hydrogens (tertiary/aromatic N) is 1. The molecule has 1 fully saturated rings. The van der Waals surface area contributed by atoms with Crippen molar-refractivity contribution in [2.45, 2.75) is 25.0 Å². The fourth-order valence-corrected chi connectivity index (χ4v) is 3.92. The molecule has 2 aromatic carbocycles. The lowest BCUT2D eigenvalue weighted by molar-refractivity contribution is 0.00527. The van der Waals surface area contributed by atoms with Crippen LogP contribution in [0.5, 0.6) is 11.5 Å². The molecule has 1 aliphatic heterocycles. The Bertz CT molecular complexity index is 916. The molecule has 0 radical (unpaired) electrons. The van der Waals surface area contributed by atoms with Gasteiger partial charge in [0.1, 0.15) is 17.3 Å². The number of amides is 1. The lowest BCUT2D eigenvalue weighted by Crippen LogP contribution is -2.55. The molecule has 33 heavy (non-hydrogen) atoms. The van der Waals surface area contributed by atoms with E-state index in [2.05, 4.69) is 10.2 Å². The number of nitrogens with two attached hydrogens (primary N) is 1. The molecule has 10 heteroatoms. The molecule has 0 spiro atoms. The first-order valence-corrected chi connectivity index (χ1v) is 10.9. The van der Waals surface area contributed by atoms with Crippen molar-refractivity contribution in [2.75, 3.05) is 46.2 Å². The van der Waals surface area contributed by atoms with Gasteiger partial charge in [-0.15, -0.1) is 0 Å². The molecule has 3 rings (SSSR count). The average Bonchev–Trinajstić information content (AvgIpc) is 2.80. The fraction of sp³-hybridized carbons (Fsp3) is 0.435. The Kier molecular flexibility index (Phi) is 10.2. The van der Waals surface area contributed by atoms with Crippen LogP contribution >= 0.6 is 11.6 Å². The van der Waals surface area contributed by atoms with Crippen LogP contribution in [0.3, 0.4) is 0 Å². The van der Waals surface area contributed by atoms with E-state index < -0.39 is 0 Å². The van der Waals surface area contributed by atoms with Gasteiger partial charge >= 0.3 is 0 Å². The Balaban J connectivity index is 0.00000385. The molecular formula is C23H31ClFN3O5. The third-order valence-corrected chi connectivity index (χ3v) is 5.85. The summed E-state index contributed by atoms with van der Waals surface area (Å²) in [5.41, 5.74) is 6.49. The summed E-state index contributed by atoms with van der Waals surface area (Å²) in [5, 5.41) is 3.35. The van der Waals surface area contributed by atoms with Gasteiger partial charge in [0.05, 0.1) is 42.1 Å². The van der Waals surface area contributed by atoms with Gasteiger partial charge in [0.15, 0.2) is 0 Å². The molecule has 8 nitrogen and oxygen atoms in total. The molecule has 0 unspecified atom stereocenters. The minimum Gasteiger partial charge on any atom is -0.496 e. The number of benzene rings is 2. The maximum atomic E-state index is 12.9. The predicted octanol–water partition coefficient (Wildman–Crippen LogP) is 2.53. The van der Waals surface area contributed by atoms with E-state index in [4.69, 9.17) is 31.5 Å². The maximum absolute atomic E-state index is 12.9. The summed E-state index contributed by atoms with van der Waals surface area (Å²) in [4.78, 5) is 15.1. The maximum Gasteiger partial charge on any atom is 0.255 e. The van der Waals surface area contributed by atoms with Gasteiger partial charge in [-0.1, -0.05) is 11.6 Å². The minimum absolute atomic E-state index is 0. The normalized spacial score (nSPS) is 18.3. The van der Waals surface area contributed by atoms with E-state index in [0.717, 1.165) is 25.9 Å². The molecule has 0 bridgehead atoms. The smallest absolute Gasteiger partial charge is 0.255 e. The van der Waals surface area contributed by atoms with Gasteiger partial charge < -0.3 is 35.6 Å². The Morgan fingerprint density at radius 1 is 1.27 bits per heavy atom. The number of piperidine rings is 1. The van der Waals surface area contributed by atoms with E-state index in [1.807, 2.05) is 0 Å². The Morgan fingerprint density at radius 2 is 2.00 bits per heavy atom. The van der Waals surface area contributed by atoms with Crippen LogP contribution in [-0.4, -0.2) is 68.9 Å². The number of hydrogen-bond donors (Lipinski definition) is 2. The lowest BCUT2D eigenvalue weighted by Gasteiger charge is -2.38. The molecule has 2 aromatic rings. The molecule has 0 aliphatic carbocycles. The average molecular weight is 484 g/mol. The van der Waals surface area contributed by atoms with Gasteiger partial charge in [-0.3, -0.25) is 4.79 Å². The van der Waals surface area contributed by atoms with Crippen molar-refractivity contribution in [3.8, 4) is 11.5 Å². The topological polar surface area (TPSA) is 118 Å². The van der Waals surface area contributed by atoms with Crippen LogP contribution in [0.1, 0.15) is 23.2 Å². The number of nitrogens with one attached hydrogen (secondary N) is 1. The first-order chi connectivity index (χ1) is 15.4. The predicted molar refractivity (Wildman–Crippen MR) is 126 cm³/mol. The largest absolute Gasteiger partial charge is 0.496 e. The van der Waals surface area contributed by atoms with Gasteiger partial charge in [0.25, 0.3) is 5.91 Å². The number of hydrogen-bond acceptors (Lipinski definition) is 6. The number of rotatable bonds is 9. The third-order valence-electron chi connectivity index (χ3n) is 5.53. The first kappa shape index (κ1) is 26.7. The van der Waals surface area contributed by atoms with Crippen LogP contribution in [0.2, 0.25) is 5.02 Å². The van der Waals surface area contributed by atoms with Crippen LogP contribution < -0.4 is 20.5 Å².